The summed E-state index contributed by atoms with van der Waals surface area (Å²) < 4.78 is 30.1. The van der Waals surface area contributed by atoms with Crippen LogP contribution >= 0.6 is 0 Å². The lowest BCUT2D eigenvalue weighted by Gasteiger charge is -2.19. The van der Waals surface area contributed by atoms with Crippen molar-refractivity contribution in [1.82, 2.24) is 0 Å². The van der Waals surface area contributed by atoms with Crippen molar-refractivity contribution in [3.05, 3.63) is 101 Å². The lowest BCUT2D eigenvalue weighted by atomic mass is 9.92. The Labute approximate surface area is 187 Å². The van der Waals surface area contributed by atoms with Crippen molar-refractivity contribution < 1.29 is 18.3 Å². The molecule has 0 heterocycles. The van der Waals surface area contributed by atoms with Gasteiger partial charge in [-0.1, -0.05) is 50.2 Å². The number of fused-ring (bicyclic) bond motifs is 1. The second-order valence-corrected chi connectivity index (χ2v) is 9.38. The Kier molecular flexibility index (Phi) is 5.67. The molecular formula is C25H22N2O4S. The van der Waals surface area contributed by atoms with Crippen molar-refractivity contribution in [2.24, 2.45) is 4.40 Å². The molecule has 162 valence electrons. The average molecular weight is 447 g/mol. The SMILES string of the molecule is CC(C)c1ccc(S(=O)(=O)/N=C2/C=C(Nc3ccc(O)cc3)C(=O)c3ccccc32)cc1. The lowest BCUT2D eigenvalue weighted by Crippen LogP contribution is -2.22. The molecule has 0 unspecified atom stereocenters. The molecule has 0 fully saturated rings. The van der Waals surface area contributed by atoms with E-state index in [0.717, 1.165) is 5.56 Å². The summed E-state index contributed by atoms with van der Waals surface area (Å²) in [7, 11) is -3.99. The Balaban J connectivity index is 1.77. The topological polar surface area (TPSA) is 95.8 Å². The highest BCUT2D eigenvalue weighted by Crippen LogP contribution is 2.26. The van der Waals surface area contributed by atoms with Crippen molar-refractivity contribution in [3.8, 4) is 5.75 Å². The van der Waals surface area contributed by atoms with Gasteiger partial charge in [0.1, 0.15) is 5.75 Å². The van der Waals surface area contributed by atoms with Crippen LogP contribution in [-0.2, 0) is 10.0 Å². The standard InChI is InChI=1S/C25H22N2O4S/c1-16(2)17-7-13-20(14-8-17)32(30,31)27-23-15-24(26-18-9-11-19(28)12-10-18)25(29)22-6-4-3-5-21(22)23/h3-16,26,28H,1-2H3/b27-23-. The number of ketones is 1. The monoisotopic (exact) mass is 446 g/mol. The highest BCUT2D eigenvalue weighted by molar-refractivity contribution is 7.90. The summed E-state index contributed by atoms with van der Waals surface area (Å²) >= 11 is 0. The minimum atomic E-state index is -3.99. The van der Waals surface area contributed by atoms with Crippen LogP contribution in [0.2, 0.25) is 0 Å². The number of Topliss-reactive ketones (excluding diaryl/α,β-unsaturated/α-hetero) is 1. The van der Waals surface area contributed by atoms with Crippen molar-refractivity contribution in [2.75, 3.05) is 5.32 Å². The van der Waals surface area contributed by atoms with Gasteiger partial charge >= 0.3 is 0 Å². The van der Waals surface area contributed by atoms with Crippen LogP contribution in [0.3, 0.4) is 0 Å². The summed E-state index contributed by atoms with van der Waals surface area (Å²) in [4.78, 5) is 13.1. The maximum Gasteiger partial charge on any atom is 0.282 e. The fourth-order valence-corrected chi connectivity index (χ4v) is 4.40. The number of aromatic hydroxyl groups is 1. The van der Waals surface area contributed by atoms with E-state index in [1.165, 1.54) is 18.2 Å². The number of benzene rings is 3. The van der Waals surface area contributed by atoms with Crippen molar-refractivity contribution >= 4 is 27.2 Å². The number of nitrogens with one attached hydrogen (secondary N) is 1. The fourth-order valence-electron chi connectivity index (χ4n) is 3.41. The second-order valence-electron chi connectivity index (χ2n) is 7.78. The van der Waals surface area contributed by atoms with Crippen LogP contribution in [0.5, 0.6) is 5.75 Å². The zero-order valence-electron chi connectivity index (χ0n) is 17.6. The molecule has 0 radical (unpaired) electrons. The molecule has 0 amide bonds. The molecule has 3 aromatic rings. The Bertz CT molecular complexity index is 1340. The molecule has 0 saturated heterocycles. The van der Waals surface area contributed by atoms with Crippen LogP contribution in [0, 0.1) is 0 Å². The molecule has 0 bridgehead atoms. The van der Waals surface area contributed by atoms with Gasteiger partial charge in [0, 0.05) is 16.8 Å². The van der Waals surface area contributed by atoms with Gasteiger partial charge in [-0.05, 0) is 54.0 Å². The quantitative estimate of drug-likeness (QED) is 0.544. The third-order valence-corrected chi connectivity index (χ3v) is 6.49. The van der Waals surface area contributed by atoms with E-state index >= 15 is 0 Å². The number of phenolic OH excluding ortho intramolecular Hbond substituents is 1. The third kappa shape index (κ3) is 4.33. The molecule has 0 saturated carbocycles. The molecular weight excluding hydrogens is 424 g/mol. The summed E-state index contributed by atoms with van der Waals surface area (Å²) in [5.74, 6) is 0.110. The Morgan fingerprint density at radius 3 is 2.12 bits per heavy atom. The smallest absolute Gasteiger partial charge is 0.282 e. The van der Waals surface area contributed by atoms with E-state index < -0.39 is 10.0 Å². The van der Waals surface area contributed by atoms with Crippen LogP contribution < -0.4 is 5.32 Å². The molecule has 7 heteroatoms. The summed E-state index contributed by atoms with van der Waals surface area (Å²) in [6.45, 7) is 4.07. The maximum absolute atomic E-state index is 13.0. The van der Waals surface area contributed by atoms with Gasteiger partial charge < -0.3 is 10.4 Å². The molecule has 1 aliphatic carbocycles. The third-order valence-electron chi connectivity index (χ3n) is 5.18. The van der Waals surface area contributed by atoms with E-state index in [1.807, 2.05) is 13.8 Å². The molecule has 32 heavy (non-hydrogen) atoms. The van der Waals surface area contributed by atoms with Gasteiger partial charge in [0.05, 0.1) is 16.3 Å². The predicted molar refractivity (Wildman–Crippen MR) is 125 cm³/mol. The van der Waals surface area contributed by atoms with Crippen molar-refractivity contribution in [3.63, 3.8) is 0 Å². The van der Waals surface area contributed by atoms with Crippen LogP contribution in [0.4, 0.5) is 5.69 Å². The molecule has 0 atom stereocenters. The van der Waals surface area contributed by atoms with Crippen LogP contribution in [0.15, 0.2) is 93.9 Å². The van der Waals surface area contributed by atoms with Crippen molar-refractivity contribution in [1.29, 1.82) is 0 Å². The number of hydrogen-bond donors (Lipinski definition) is 2. The first-order valence-electron chi connectivity index (χ1n) is 10.1. The minimum absolute atomic E-state index is 0.0882. The van der Waals surface area contributed by atoms with E-state index in [4.69, 9.17) is 0 Å². The Morgan fingerprint density at radius 2 is 1.50 bits per heavy atom. The van der Waals surface area contributed by atoms with Gasteiger partial charge in [0.25, 0.3) is 10.0 Å². The molecule has 0 aromatic heterocycles. The molecule has 1 aliphatic rings. The minimum Gasteiger partial charge on any atom is -0.508 e. The normalized spacial score (nSPS) is 14.9. The number of rotatable bonds is 5. The van der Waals surface area contributed by atoms with Gasteiger partial charge in [-0.15, -0.1) is 0 Å². The number of anilines is 1. The maximum atomic E-state index is 13.0. The fraction of sp³-hybridized carbons (Fsp3) is 0.120. The summed E-state index contributed by atoms with van der Waals surface area (Å²) in [6, 6.07) is 19.7. The van der Waals surface area contributed by atoms with Crippen LogP contribution in [0.25, 0.3) is 0 Å². The zero-order chi connectivity index (χ0) is 22.9. The van der Waals surface area contributed by atoms with Crippen LogP contribution in [-0.4, -0.2) is 25.0 Å². The second kappa shape index (κ2) is 8.43. The first-order valence-corrected chi connectivity index (χ1v) is 11.6. The zero-order valence-corrected chi connectivity index (χ0v) is 18.4. The molecule has 6 nitrogen and oxygen atoms in total. The van der Waals surface area contributed by atoms with Gasteiger partial charge in [-0.3, -0.25) is 4.79 Å². The first-order chi connectivity index (χ1) is 15.2. The number of phenols is 1. The summed E-state index contributed by atoms with van der Waals surface area (Å²) in [5.41, 5.74) is 2.79. The number of sulfonamides is 1. The van der Waals surface area contributed by atoms with E-state index in [9.17, 15) is 18.3 Å². The molecule has 0 aliphatic heterocycles. The summed E-state index contributed by atoms with van der Waals surface area (Å²) in [6.07, 6.45) is 1.44. The summed E-state index contributed by atoms with van der Waals surface area (Å²) in [5, 5.41) is 12.5. The first kappa shape index (κ1) is 21.5. The van der Waals surface area contributed by atoms with Gasteiger partial charge in [-0.2, -0.15) is 12.8 Å². The average Bonchev–Trinajstić information content (AvgIpc) is 2.78. The predicted octanol–water partition coefficient (Wildman–Crippen LogP) is 4.89. The largest absolute Gasteiger partial charge is 0.508 e. The highest BCUT2D eigenvalue weighted by atomic mass is 32.2. The van der Waals surface area contributed by atoms with E-state index in [1.54, 1.807) is 60.7 Å². The number of carbonyl (C=O) groups excluding carboxylic acids is 1. The molecule has 2 N–H and O–H groups in total. The van der Waals surface area contributed by atoms with Gasteiger partial charge in [-0.25, -0.2) is 0 Å². The van der Waals surface area contributed by atoms with E-state index in [-0.39, 0.29) is 33.8 Å². The van der Waals surface area contributed by atoms with Crippen LogP contribution in [0.1, 0.15) is 41.3 Å². The highest BCUT2D eigenvalue weighted by Gasteiger charge is 2.26. The number of hydrogen-bond acceptors (Lipinski definition) is 5. The van der Waals surface area contributed by atoms with E-state index in [0.29, 0.717) is 16.8 Å². The number of carbonyl (C=O) groups is 1. The molecule has 0 spiro atoms. The Hall–Kier alpha value is -3.71. The van der Waals surface area contributed by atoms with Gasteiger partial charge in [0.2, 0.25) is 5.78 Å². The Morgan fingerprint density at radius 1 is 0.875 bits per heavy atom. The molecule has 3 aromatic carbocycles. The number of nitrogens with zero attached hydrogens (tertiary/aromatic N) is 1. The molecule has 4 rings (SSSR count). The van der Waals surface area contributed by atoms with E-state index in [2.05, 4.69) is 9.71 Å². The van der Waals surface area contributed by atoms with Crippen molar-refractivity contribution in [2.45, 2.75) is 24.7 Å². The lowest BCUT2D eigenvalue weighted by molar-refractivity contribution is 0.103. The van der Waals surface area contributed by atoms with Gasteiger partial charge in [0.15, 0.2) is 0 Å². The number of allylic oxidation sites excluding steroid dienone is 2.